The van der Waals surface area contributed by atoms with Gasteiger partial charge in [-0.2, -0.15) is 4.57 Å². The highest BCUT2D eigenvalue weighted by Crippen LogP contribution is 2.10. The SMILES string of the molecule is CCCCCCCCCCCC(=O)OC[n+]1cccc(C(=O)NCCONO)c1. The molecule has 0 bridgehead atoms. The van der Waals surface area contributed by atoms with E-state index < -0.39 is 0 Å². The van der Waals surface area contributed by atoms with E-state index in [9.17, 15) is 9.59 Å². The predicted octanol–water partition coefficient (Wildman–Crippen LogP) is 3.04. The highest BCUT2D eigenvalue weighted by molar-refractivity contribution is 5.93. The number of nitrogens with zero attached hydrogens (tertiary/aromatic N) is 1. The molecular weight excluding hydrogens is 374 g/mol. The standard InChI is InChI=1S/C21H35N3O5/c1-2-3-4-5-6-7-8-9-10-13-20(25)28-18-24-15-11-12-19(17-24)21(26)22-14-16-29-23-27/h11-12,15,17,23,27H,2-10,13-14,16,18H2,1H3/p+1. The summed E-state index contributed by atoms with van der Waals surface area (Å²) in [4.78, 5) is 28.4. The quantitative estimate of drug-likeness (QED) is 0.158. The number of nitrogens with one attached hydrogen (secondary N) is 2. The predicted molar refractivity (Wildman–Crippen MR) is 108 cm³/mol. The molecule has 0 aromatic carbocycles. The molecule has 0 spiro atoms. The molecule has 0 saturated carbocycles. The number of hydrogen-bond donors (Lipinski definition) is 3. The van der Waals surface area contributed by atoms with Gasteiger partial charge in [0.2, 0.25) is 0 Å². The highest BCUT2D eigenvalue weighted by Gasteiger charge is 2.12. The van der Waals surface area contributed by atoms with Crippen LogP contribution in [0.25, 0.3) is 0 Å². The summed E-state index contributed by atoms with van der Waals surface area (Å²) in [5, 5.41) is 10.9. The molecule has 0 aliphatic rings. The van der Waals surface area contributed by atoms with Gasteiger partial charge < -0.3 is 10.1 Å². The molecule has 0 saturated heterocycles. The Morgan fingerprint density at radius 1 is 1.07 bits per heavy atom. The molecule has 8 heteroatoms. The molecule has 29 heavy (non-hydrogen) atoms. The molecule has 1 aromatic heterocycles. The van der Waals surface area contributed by atoms with Gasteiger partial charge in [0.25, 0.3) is 12.6 Å². The molecule has 0 fully saturated rings. The van der Waals surface area contributed by atoms with Crippen LogP contribution in [0.5, 0.6) is 0 Å². The zero-order valence-electron chi connectivity index (χ0n) is 17.5. The number of hydrogen-bond acceptors (Lipinski definition) is 6. The summed E-state index contributed by atoms with van der Waals surface area (Å²) < 4.78 is 6.93. The molecule has 0 atom stereocenters. The lowest BCUT2D eigenvalue weighted by Gasteiger charge is -2.05. The minimum atomic E-state index is -0.276. The van der Waals surface area contributed by atoms with Crippen molar-refractivity contribution >= 4 is 11.9 Å². The van der Waals surface area contributed by atoms with Gasteiger partial charge >= 0.3 is 5.97 Å². The average Bonchev–Trinajstić information content (AvgIpc) is 2.74. The maximum absolute atomic E-state index is 12.0. The van der Waals surface area contributed by atoms with Crippen molar-refractivity contribution in [1.29, 1.82) is 0 Å². The Morgan fingerprint density at radius 2 is 1.76 bits per heavy atom. The molecule has 0 aliphatic carbocycles. The molecule has 1 amide bonds. The van der Waals surface area contributed by atoms with E-state index in [0.29, 0.717) is 12.0 Å². The van der Waals surface area contributed by atoms with Crippen LogP contribution in [0.15, 0.2) is 24.5 Å². The fourth-order valence-electron chi connectivity index (χ4n) is 2.90. The fourth-order valence-corrected chi connectivity index (χ4v) is 2.90. The van der Waals surface area contributed by atoms with Crippen molar-refractivity contribution in [2.45, 2.75) is 77.9 Å². The van der Waals surface area contributed by atoms with Gasteiger partial charge in [0.15, 0.2) is 12.4 Å². The fraction of sp³-hybridized carbons (Fsp3) is 0.667. The van der Waals surface area contributed by atoms with Crippen LogP contribution in [0.1, 0.15) is 81.5 Å². The highest BCUT2D eigenvalue weighted by atomic mass is 16.8. The summed E-state index contributed by atoms with van der Waals surface area (Å²) in [5.41, 5.74) is 1.99. The molecule has 0 radical (unpaired) electrons. The lowest BCUT2D eigenvalue weighted by atomic mass is 10.1. The van der Waals surface area contributed by atoms with Gasteiger partial charge in [0.05, 0.1) is 6.61 Å². The van der Waals surface area contributed by atoms with Gasteiger partial charge in [-0.3, -0.25) is 19.6 Å². The number of ether oxygens (including phenoxy) is 1. The summed E-state index contributed by atoms with van der Waals surface area (Å²) >= 11 is 0. The van der Waals surface area contributed by atoms with Crippen molar-refractivity contribution in [2.24, 2.45) is 0 Å². The molecule has 0 aliphatic heterocycles. The van der Waals surface area contributed by atoms with Crippen molar-refractivity contribution in [1.82, 2.24) is 11.0 Å². The van der Waals surface area contributed by atoms with Gasteiger partial charge in [-0.05, 0) is 12.5 Å². The number of carbonyl (C=O) groups excluding carboxylic acids is 2. The molecule has 1 heterocycles. The summed E-state index contributed by atoms with van der Waals surface area (Å²) in [6, 6.07) is 3.39. The second-order valence-electron chi connectivity index (χ2n) is 7.03. The third-order valence-electron chi connectivity index (χ3n) is 4.53. The van der Waals surface area contributed by atoms with Gasteiger partial charge in [-0.15, -0.1) is 0 Å². The largest absolute Gasteiger partial charge is 0.405 e. The van der Waals surface area contributed by atoms with E-state index in [-0.39, 0.29) is 31.8 Å². The van der Waals surface area contributed by atoms with Gasteiger partial charge in [0, 0.05) is 19.0 Å². The van der Waals surface area contributed by atoms with E-state index in [0.717, 1.165) is 12.8 Å². The maximum atomic E-state index is 12.0. The minimum Gasteiger partial charge on any atom is -0.405 e. The van der Waals surface area contributed by atoms with Gasteiger partial charge in [-0.1, -0.05) is 63.9 Å². The third kappa shape index (κ3) is 12.9. The molecular formula is C21H36N3O5+. The number of unbranched alkanes of at least 4 members (excludes halogenated alkanes) is 8. The van der Waals surface area contributed by atoms with Crippen molar-refractivity contribution < 1.29 is 28.9 Å². The first-order valence-electron chi connectivity index (χ1n) is 10.6. The van der Waals surface area contributed by atoms with Crippen LogP contribution in [0.3, 0.4) is 0 Å². The number of amides is 1. The summed E-state index contributed by atoms with van der Waals surface area (Å²) in [6.45, 7) is 2.68. The molecule has 164 valence electrons. The van der Waals surface area contributed by atoms with Crippen LogP contribution >= 0.6 is 0 Å². The van der Waals surface area contributed by atoms with Crippen LogP contribution < -0.4 is 15.5 Å². The Hall–Kier alpha value is -2.03. The first-order chi connectivity index (χ1) is 14.2. The second-order valence-corrected chi connectivity index (χ2v) is 7.03. The Morgan fingerprint density at radius 3 is 2.45 bits per heavy atom. The zero-order valence-corrected chi connectivity index (χ0v) is 17.5. The normalized spacial score (nSPS) is 10.7. The Balaban J connectivity index is 2.16. The van der Waals surface area contributed by atoms with E-state index in [1.54, 1.807) is 34.7 Å². The number of aromatic nitrogens is 1. The zero-order chi connectivity index (χ0) is 21.2. The Bertz CT molecular complexity index is 583. The lowest BCUT2D eigenvalue weighted by molar-refractivity contribution is -0.727. The van der Waals surface area contributed by atoms with Crippen molar-refractivity contribution in [2.75, 3.05) is 13.2 Å². The molecule has 1 aromatic rings. The van der Waals surface area contributed by atoms with E-state index >= 15 is 0 Å². The smallest absolute Gasteiger partial charge is 0.310 e. The van der Waals surface area contributed by atoms with Crippen molar-refractivity contribution in [3.63, 3.8) is 0 Å². The van der Waals surface area contributed by atoms with Crippen LogP contribution in [0.2, 0.25) is 0 Å². The van der Waals surface area contributed by atoms with E-state index in [2.05, 4.69) is 17.1 Å². The van der Waals surface area contributed by atoms with E-state index in [1.807, 2.05) is 0 Å². The maximum Gasteiger partial charge on any atom is 0.310 e. The molecule has 8 nitrogen and oxygen atoms in total. The minimum absolute atomic E-state index is 0.0783. The van der Waals surface area contributed by atoms with Crippen molar-refractivity contribution in [3.8, 4) is 0 Å². The van der Waals surface area contributed by atoms with E-state index in [4.69, 9.17) is 9.94 Å². The van der Waals surface area contributed by atoms with Gasteiger partial charge in [0.1, 0.15) is 5.56 Å². The summed E-state index contributed by atoms with van der Waals surface area (Å²) in [5.74, 6) is -0.495. The first-order valence-corrected chi connectivity index (χ1v) is 10.6. The second kappa shape index (κ2) is 16.9. The third-order valence-corrected chi connectivity index (χ3v) is 4.53. The lowest BCUT2D eigenvalue weighted by Crippen LogP contribution is -2.38. The van der Waals surface area contributed by atoms with Crippen molar-refractivity contribution in [3.05, 3.63) is 30.1 Å². The Kier molecular flexibility index (Phi) is 14.6. The topological polar surface area (TPSA) is 101 Å². The average molecular weight is 411 g/mol. The van der Waals surface area contributed by atoms with E-state index in [1.165, 1.54) is 44.9 Å². The molecule has 3 N–H and O–H groups in total. The van der Waals surface area contributed by atoms with Crippen LogP contribution in [0, 0.1) is 0 Å². The number of carbonyl (C=O) groups is 2. The summed E-state index contributed by atoms with van der Waals surface area (Å²) in [7, 11) is 0. The monoisotopic (exact) mass is 410 g/mol. The first kappa shape index (κ1) is 25.0. The number of esters is 1. The van der Waals surface area contributed by atoms with Crippen LogP contribution in [-0.4, -0.2) is 30.2 Å². The number of rotatable bonds is 17. The van der Waals surface area contributed by atoms with Gasteiger partial charge in [-0.25, -0.2) is 0 Å². The summed E-state index contributed by atoms with van der Waals surface area (Å²) in [6.07, 6.45) is 14.6. The van der Waals surface area contributed by atoms with Crippen LogP contribution in [0.4, 0.5) is 0 Å². The Labute approximate surface area is 173 Å². The molecule has 1 rings (SSSR count). The molecule has 0 unspecified atom stereocenters. The van der Waals surface area contributed by atoms with Crippen LogP contribution in [-0.2, 0) is 21.1 Å². The number of pyridine rings is 1.